The summed E-state index contributed by atoms with van der Waals surface area (Å²) in [5.41, 5.74) is 1.28. The zero-order chi connectivity index (χ0) is 9.42. The summed E-state index contributed by atoms with van der Waals surface area (Å²) < 4.78 is 0. The Morgan fingerprint density at radius 2 is 2.15 bits per heavy atom. The Morgan fingerprint density at radius 1 is 1.38 bits per heavy atom. The summed E-state index contributed by atoms with van der Waals surface area (Å²) in [7, 11) is 0. The van der Waals surface area contributed by atoms with Crippen molar-refractivity contribution in [1.82, 2.24) is 4.98 Å². The van der Waals surface area contributed by atoms with Crippen molar-refractivity contribution in [2.24, 2.45) is 0 Å². The van der Waals surface area contributed by atoms with E-state index < -0.39 is 5.24 Å². The second kappa shape index (κ2) is 3.05. The number of hydrogen-bond donors (Lipinski definition) is 1. The molecule has 0 aliphatic rings. The number of carbonyl (C=O) groups excluding carboxylic acids is 1. The Balaban J connectivity index is 2.70. The van der Waals surface area contributed by atoms with Crippen LogP contribution in [0.5, 0.6) is 0 Å². The molecule has 66 valence electrons. The highest BCUT2D eigenvalue weighted by Crippen LogP contribution is 2.23. The first-order chi connectivity index (χ1) is 6.18. The minimum atomic E-state index is -0.465. The lowest BCUT2D eigenvalue weighted by Crippen LogP contribution is -1.86. The molecule has 2 nitrogen and oxygen atoms in total. The largest absolute Gasteiger partial charge is 0.360 e. The van der Waals surface area contributed by atoms with Gasteiger partial charge in [-0.2, -0.15) is 0 Å². The Bertz CT molecular complexity index is 475. The highest BCUT2D eigenvalue weighted by molar-refractivity contribution is 6.67. The number of rotatable bonds is 1. The minimum absolute atomic E-state index is 0.465. The molecule has 0 bridgehead atoms. The maximum atomic E-state index is 10.8. The number of nitrogens with one attached hydrogen (secondary N) is 1. The first kappa shape index (κ1) is 8.60. The van der Waals surface area contributed by atoms with Crippen molar-refractivity contribution >= 4 is 39.3 Å². The average molecular weight is 214 g/mol. The molecule has 0 radical (unpaired) electrons. The minimum Gasteiger partial charge on any atom is -0.360 e. The van der Waals surface area contributed by atoms with Crippen LogP contribution in [0, 0.1) is 0 Å². The predicted octanol–water partition coefficient (Wildman–Crippen LogP) is 3.20. The Morgan fingerprint density at radius 3 is 2.85 bits per heavy atom. The summed E-state index contributed by atoms with van der Waals surface area (Å²) in [6.45, 7) is 0. The van der Waals surface area contributed by atoms with Crippen molar-refractivity contribution in [2.45, 2.75) is 0 Å². The topological polar surface area (TPSA) is 32.9 Å². The van der Waals surface area contributed by atoms with Crippen LogP contribution in [0.4, 0.5) is 0 Å². The number of aromatic nitrogens is 1. The van der Waals surface area contributed by atoms with Crippen LogP contribution in [0.15, 0.2) is 24.4 Å². The van der Waals surface area contributed by atoms with Crippen molar-refractivity contribution < 1.29 is 4.79 Å². The molecular weight excluding hydrogens is 209 g/mol. The van der Waals surface area contributed by atoms with Crippen LogP contribution in [-0.2, 0) is 0 Å². The molecule has 0 fully saturated rings. The maximum absolute atomic E-state index is 10.8. The molecule has 2 aromatic rings. The van der Waals surface area contributed by atoms with Gasteiger partial charge >= 0.3 is 0 Å². The second-order valence-corrected chi connectivity index (χ2v) is 3.42. The van der Waals surface area contributed by atoms with E-state index in [1.807, 2.05) is 0 Å². The molecule has 0 aliphatic heterocycles. The molecule has 1 heterocycles. The molecule has 1 aromatic heterocycles. The van der Waals surface area contributed by atoms with Gasteiger partial charge in [-0.15, -0.1) is 0 Å². The number of hydrogen-bond acceptors (Lipinski definition) is 1. The lowest BCUT2D eigenvalue weighted by atomic mass is 10.2. The standard InChI is InChI=1S/C9H5Cl2NO/c10-7-4-12-8-3-5(9(11)13)1-2-6(7)8/h1-4,12H. The van der Waals surface area contributed by atoms with Crippen LogP contribution >= 0.6 is 23.2 Å². The molecule has 1 aromatic carbocycles. The van der Waals surface area contributed by atoms with Gasteiger partial charge in [0, 0.05) is 22.7 Å². The van der Waals surface area contributed by atoms with E-state index in [1.165, 1.54) is 0 Å². The summed E-state index contributed by atoms with van der Waals surface area (Å²) in [6.07, 6.45) is 1.68. The lowest BCUT2D eigenvalue weighted by molar-refractivity contribution is 0.108. The molecular formula is C9H5Cl2NO. The lowest BCUT2D eigenvalue weighted by Gasteiger charge is -1.93. The summed E-state index contributed by atoms with van der Waals surface area (Å²) in [5.74, 6) is 0. The zero-order valence-corrected chi connectivity index (χ0v) is 7.99. The van der Waals surface area contributed by atoms with Gasteiger partial charge in [0.05, 0.1) is 5.02 Å². The van der Waals surface area contributed by atoms with E-state index in [-0.39, 0.29) is 0 Å². The number of benzene rings is 1. The molecule has 4 heteroatoms. The fourth-order valence-corrected chi connectivity index (χ4v) is 1.55. The van der Waals surface area contributed by atoms with Gasteiger partial charge in [-0.25, -0.2) is 0 Å². The monoisotopic (exact) mass is 213 g/mol. The summed E-state index contributed by atoms with van der Waals surface area (Å²) in [6, 6.07) is 5.09. The second-order valence-electron chi connectivity index (χ2n) is 2.67. The van der Waals surface area contributed by atoms with Crippen LogP contribution in [-0.4, -0.2) is 10.2 Å². The molecule has 1 N–H and O–H groups in total. The molecule has 0 spiro atoms. The maximum Gasteiger partial charge on any atom is 0.252 e. The third kappa shape index (κ3) is 1.43. The van der Waals surface area contributed by atoms with Gasteiger partial charge in [-0.05, 0) is 23.7 Å². The van der Waals surface area contributed by atoms with Crippen molar-refractivity contribution in [3.05, 3.63) is 35.0 Å². The number of H-pyrrole nitrogens is 1. The first-order valence-electron chi connectivity index (χ1n) is 3.65. The predicted molar refractivity (Wildman–Crippen MR) is 53.5 cm³/mol. The third-order valence-corrected chi connectivity index (χ3v) is 2.39. The van der Waals surface area contributed by atoms with Crippen molar-refractivity contribution in [2.75, 3.05) is 0 Å². The van der Waals surface area contributed by atoms with E-state index in [4.69, 9.17) is 23.2 Å². The van der Waals surface area contributed by atoms with Crippen molar-refractivity contribution in [3.63, 3.8) is 0 Å². The number of carbonyl (C=O) groups is 1. The molecule has 13 heavy (non-hydrogen) atoms. The van der Waals surface area contributed by atoms with Crippen molar-refractivity contribution in [3.8, 4) is 0 Å². The van der Waals surface area contributed by atoms with Gasteiger partial charge in [0.15, 0.2) is 0 Å². The normalized spacial score (nSPS) is 10.6. The van der Waals surface area contributed by atoms with Crippen molar-refractivity contribution in [1.29, 1.82) is 0 Å². The number of halogens is 2. The van der Waals surface area contributed by atoms with E-state index in [0.29, 0.717) is 10.6 Å². The van der Waals surface area contributed by atoms with Crippen LogP contribution in [0.25, 0.3) is 10.9 Å². The van der Waals surface area contributed by atoms with Gasteiger partial charge < -0.3 is 4.98 Å². The quantitative estimate of drug-likeness (QED) is 0.726. The van der Waals surface area contributed by atoms with Crippen LogP contribution in [0.1, 0.15) is 10.4 Å². The van der Waals surface area contributed by atoms with E-state index >= 15 is 0 Å². The summed E-state index contributed by atoms with van der Waals surface area (Å²) >= 11 is 11.2. The van der Waals surface area contributed by atoms with E-state index in [1.54, 1.807) is 24.4 Å². The Kier molecular flexibility index (Phi) is 2.02. The molecule has 0 atom stereocenters. The smallest absolute Gasteiger partial charge is 0.252 e. The molecule has 0 saturated carbocycles. The van der Waals surface area contributed by atoms with Crippen LogP contribution in [0.2, 0.25) is 5.02 Å². The molecule has 0 unspecified atom stereocenters. The van der Waals surface area contributed by atoms with Gasteiger partial charge in [0.2, 0.25) is 0 Å². The summed E-state index contributed by atoms with van der Waals surface area (Å²) in [5, 5.41) is 1.07. The van der Waals surface area contributed by atoms with E-state index in [9.17, 15) is 4.79 Å². The number of aromatic amines is 1. The van der Waals surface area contributed by atoms with Crippen LogP contribution < -0.4 is 0 Å². The van der Waals surface area contributed by atoms with Gasteiger partial charge in [-0.1, -0.05) is 17.7 Å². The Hall–Kier alpha value is -0.990. The summed E-state index contributed by atoms with van der Waals surface area (Å²) in [4.78, 5) is 13.8. The van der Waals surface area contributed by atoms with Crippen LogP contribution in [0.3, 0.4) is 0 Å². The van der Waals surface area contributed by atoms with Gasteiger partial charge in [0.1, 0.15) is 0 Å². The molecule has 0 aliphatic carbocycles. The zero-order valence-electron chi connectivity index (χ0n) is 6.47. The number of fused-ring (bicyclic) bond motifs is 1. The average Bonchev–Trinajstić information content (AvgIpc) is 2.47. The third-order valence-electron chi connectivity index (χ3n) is 1.86. The Labute approximate surface area is 84.5 Å². The van der Waals surface area contributed by atoms with E-state index in [0.717, 1.165) is 10.9 Å². The fourth-order valence-electron chi connectivity index (χ4n) is 1.21. The van der Waals surface area contributed by atoms with E-state index in [2.05, 4.69) is 4.98 Å². The van der Waals surface area contributed by atoms with Gasteiger partial charge in [-0.3, -0.25) is 4.79 Å². The molecule has 0 saturated heterocycles. The fraction of sp³-hybridized carbons (Fsp3) is 0. The molecule has 0 amide bonds. The highest BCUT2D eigenvalue weighted by Gasteiger charge is 2.05. The molecule has 2 rings (SSSR count). The SMILES string of the molecule is O=C(Cl)c1ccc2c(Cl)c[nH]c2c1. The van der Waals surface area contributed by atoms with Gasteiger partial charge in [0.25, 0.3) is 5.24 Å². The highest BCUT2D eigenvalue weighted by atomic mass is 35.5. The first-order valence-corrected chi connectivity index (χ1v) is 4.40.